The first-order valence-corrected chi connectivity index (χ1v) is 8.18. The number of thioether (sulfide) groups is 1. The lowest BCUT2D eigenvalue weighted by molar-refractivity contribution is 0.485. The number of hydrogen-bond acceptors (Lipinski definition) is 5. The molecule has 0 atom stereocenters. The van der Waals surface area contributed by atoms with Gasteiger partial charge in [0.15, 0.2) is 14.7 Å². The Bertz CT molecular complexity index is 641. The van der Waals surface area contributed by atoms with Gasteiger partial charge in [-0.05, 0) is 26.0 Å². The number of rotatable bonds is 2. The molecule has 96 valence electrons. The predicted octanol–water partition coefficient (Wildman–Crippen LogP) is 3.00. The Balaban J connectivity index is 2.22. The lowest BCUT2D eigenvalue weighted by Gasteiger charge is -2.15. The lowest BCUT2D eigenvalue weighted by atomic mass is 10.2. The van der Waals surface area contributed by atoms with Crippen molar-refractivity contribution < 1.29 is 0 Å². The molecule has 1 aliphatic carbocycles. The van der Waals surface area contributed by atoms with Crippen LogP contribution in [0.1, 0.15) is 37.5 Å². The maximum absolute atomic E-state index is 12.5. The summed E-state index contributed by atoms with van der Waals surface area (Å²) in [4.78, 5) is 22.2. The summed E-state index contributed by atoms with van der Waals surface area (Å²) in [7, 11) is 0. The summed E-state index contributed by atoms with van der Waals surface area (Å²) in [5, 5.41) is 0. The van der Waals surface area contributed by atoms with Gasteiger partial charge in [0.25, 0.3) is 5.56 Å². The third kappa shape index (κ3) is 1.87. The summed E-state index contributed by atoms with van der Waals surface area (Å²) in [5.74, 6) is 0.829. The third-order valence-electron chi connectivity index (χ3n) is 3.49. The Morgan fingerprint density at radius 3 is 2.72 bits per heavy atom. The first-order chi connectivity index (χ1) is 8.70. The van der Waals surface area contributed by atoms with E-state index in [0.717, 1.165) is 27.8 Å². The van der Waals surface area contributed by atoms with E-state index in [0.29, 0.717) is 11.6 Å². The van der Waals surface area contributed by atoms with Gasteiger partial charge >= 0.3 is 0 Å². The van der Waals surface area contributed by atoms with Crippen molar-refractivity contribution in [1.82, 2.24) is 14.5 Å². The molecule has 0 spiro atoms. The van der Waals surface area contributed by atoms with Crippen LogP contribution < -0.4 is 5.56 Å². The summed E-state index contributed by atoms with van der Waals surface area (Å²) in [5.41, 5.74) is 0.586. The molecule has 1 fully saturated rings. The van der Waals surface area contributed by atoms with Crippen LogP contribution in [0.5, 0.6) is 0 Å². The third-order valence-corrected chi connectivity index (χ3v) is 5.42. The normalized spacial score (nSPS) is 16.8. The Morgan fingerprint density at radius 1 is 1.33 bits per heavy atom. The van der Waals surface area contributed by atoms with Crippen LogP contribution in [-0.4, -0.2) is 20.8 Å². The summed E-state index contributed by atoms with van der Waals surface area (Å²) in [6.45, 7) is 1.93. The summed E-state index contributed by atoms with van der Waals surface area (Å²) >= 11 is 3.07. The van der Waals surface area contributed by atoms with E-state index in [1.165, 1.54) is 24.2 Å². The van der Waals surface area contributed by atoms with Gasteiger partial charge in [-0.3, -0.25) is 9.36 Å². The maximum atomic E-state index is 12.5. The quantitative estimate of drug-likeness (QED) is 0.794. The highest BCUT2D eigenvalue weighted by Gasteiger charge is 2.22. The SMILES string of the molecule is CSc1nc2c(=O)n(C3CCCC3)c(C)nc2s1. The van der Waals surface area contributed by atoms with Gasteiger partial charge < -0.3 is 0 Å². The molecule has 4 nitrogen and oxygen atoms in total. The average molecular weight is 281 g/mol. The van der Waals surface area contributed by atoms with Gasteiger partial charge in [-0.1, -0.05) is 35.9 Å². The molecule has 2 aromatic rings. The Kier molecular flexibility index (Phi) is 3.15. The monoisotopic (exact) mass is 281 g/mol. The molecule has 1 saturated carbocycles. The van der Waals surface area contributed by atoms with Crippen LogP contribution in [0, 0.1) is 6.92 Å². The predicted molar refractivity (Wildman–Crippen MR) is 75.7 cm³/mol. The minimum atomic E-state index is 0.0425. The Morgan fingerprint density at radius 2 is 2.06 bits per heavy atom. The van der Waals surface area contributed by atoms with E-state index in [-0.39, 0.29) is 5.56 Å². The van der Waals surface area contributed by atoms with E-state index >= 15 is 0 Å². The highest BCUT2D eigenvalue weighted by molar-refractivity contribution is 8.00. The zero-order valence-electron chi connectivity index (χ0n) is 10.5. The van der Waals surface area contributed by atoms with Crippen LogP contribution in [0.3, 0.4) is 0 Å². The van der Waals surface area contributed by atoms with E-state index in [1.54, 1.807) is 11.8 Å². The second-order valence-electron chi connectivity index (χ2n) is 4.61. The molecule has 0 amide bonds. The van der Waals surface area contributed by atoms with Gasteiger partial charge in [0.1, 0.15) is 5.82 Å². The lowest BCUT2D eigenvalue weighted by Crippen LogP contribution is -2.26. The smallest absolute Gasteiger partial charge is 0.281 e. The topological polar surface area (TPSA) is 47.8 Å². The van der Waals surface area contributed by atoms with Crippen LogP contribution in [-0.2, 0) is 0 Å². The van der Waals surface area contributed by atoms with E-state index in [4.69, 9.17) is 0 Å². The van der Waals surface area contributed by atoms with Gasteiger partial charge in [-0.25, -0.2) is 9.97 Å². The van der Waals surface area contributed by atoms with E-state index in [9.17, 15) is 4.79 Å². The molecular weight excluding hydrogens is 266 g/mol. The van der Waals surface area contributed by atoms with Crippen LogP contribution in [0.25, 0.3) is 10.3 Å². The van der Waals surface area contributed by atoms with E-state index in [1.807, 2.05) is 17.7 Å². The van der Waals surface area contributed by atoms with Crippen molar-refractivity contribution in [2.75, 3.05) is 6.26 Å². The van der Waals surface area contributed by atoms with Crippen molar-refractivity contribution in [3.05, 3.63) is 16.2 Å². The van der Waals surface area contributed by atoms with Gasteiger partial charge in [-0.15, -0.1) is 0 Å². The second kappa shape index (κ2) is 4.66. The fourth-order valence-electron chi connectivity index (χ4n) is 2.65. The molecule has 2 aromatic heterocycles. The van der Waals surface area contributed by atoms with Gasteiger partial charge in [0.05, 0.1) is 0 Å². The van der Waals surface area contributed by atoms with Crippen molar-refractivity contribution in [2.24, 2.45) is 0 Å². The number of thiazole rings is 1. The van der Waals surface area contributed by atoms with Crippen molar-refractivity contribution in [3.63, 3.8) is 0 Å². The van der Waals surface area contributed by atoms with Crippen molar-refractivity contribution >= 4 is 33.4 Å². The van der Waals surface area contributed by atoms with Crippen LogP contribution in [0.2, 0.25) is 0 Å². The first-order valence-electron chi connectivity index (χ1n) is 6.14. The standard InChI is InChI=1S/C12H15N3OS2/c1-7-13-10-9(14-12(17-2)18-10)11(16)15(7)8-5-3-4-6-8/h8H,3-6H2,1-2H3. The van der Waals surface area contributed by atoms with Crippen molar-refractivity contribution in [2.45, 2.75) is 43.0 Å². The summed E-state index contributed by atoms with van der Waals surface area (Å²) < 4.78 is 2.78. The molecule has 3 rings (SSSR count). The van der Waals surface area contributed by atoms with Crippen molar-refractivity contribution in [1.29, 1.82) is 0 Å². The Hall–Kier alpha value is -0.880. The van der Waals surface area contributed by atoms with Gasteiger partial charge in [-0.2, -0.15) is 0 Å². The zero-order chi connectivity index (χ0) is 12.7. The molecule has 0 aliphatic heterocycles. The van der Waals surface area contributed by atoms with E-state index in [2.05, 4.69) is 9.97 Å². The minimum absolute atomic E-state index is 0.0425. The highest BCUT2D eigenvalue weighted by atomic mass is 32.2. The second-order valence-corrected chi connectivity index (χ2v) is 6.64. The molecule has 6 heteroatoms. The molecule has 1 aliphatic rings. The average Bonchev–Trinajstić information content (AvgIpc) is 2.97. The summed E-state index contributed by atoms with van der Waals surface area (Å²) in [6.07, 6.45) is 6.57. The van der Waals surface area contributed by atoms with Gasteiger partial charge in [0.2, 0.25) is 0 Å². The van der Waals surface area contributed by atoms with Crippen molar-refractivity contribution in [3.8, 4) is 0 Å². The van der Waals surface area contributed by atoms with Crippen LogP contribution >= 0.6 is 23.1 Å². The molecule has 0 aromatic carbocycles. The first kappa shape index (κ1) is 12.2. The molecule has 18 heavy (non-hydrogen) atoms. The largest absolute Gasteiger partial charge is 0.292 e. The Labute approximate surface area is 113 Å². The van der Waals surface area contributed by atoms with Gasteiger partial charge in [0, 0.05) is 6.04 Å². The molecule has 0 bridgehead atoms. The van der Waals surface area contributed by atoms with E-state index < -0.39 is 0 Å². The minimum Gasteiger partial charge on any atom is -0.292 e. The number of aromatic nitrogens is 3. The number of hydrogen-bond donors (Lipinski definition) is 0. The number of nitrogens with zero attached hydrogens (tertiary/aromatic N) is 3. The molecule has 0 unspecified atom stereocenters. The number of fused-ring (bicyclic) bond motifs is 1. The molecule has 0 saturated heterocycles. The fourth-order valence-corrected chi connectivity index (χ4v) is 4.11. The molecule has 2 heterocycles. The molecular formula is C12H15N3OS2. The maximum Gasteiger partial charge on any atom is 0.281 e. The highest BCUT2D eigenvalue weighted by Crippen LogP contribution is 2.30. The van der Waals surface area contributed by atoms with Crippen LogP contribution in [0.4, 0.5) is 0 Å². The molecule has 0 N–H and O–H groups in total. The zero-order valence-corrected chi connectivity index (χ0v) is 12.1. The summed E-state index contributed by atoms with van der Waals surface area (Å²) in [6, 6.07) is 0.328. The molecule has 0 radical (unpaired) electrons. The van der Waals surface area contributed by atoms with Crippen LogP contribution in [0.15, 0.2) is 9.13 Å². The number of aryl methyl sites for hydroxylation is 1. The fraction of sp³-hybridized carbons (Fsp3) is 0.583.